The molecule has 2 heterocycles. The molecule has 2 aromatic heterocycles. The molecule has 156 valence electrons. The monoisotopic (exact) mass is 423 g/mol. The molecule has 0 fully saturated rings. The Morgan fingerprint density at radius 3 is 2.48 bits per heavy atom. The van der Waals surface area contributed by atoms with Crippen LogP contribution in [0.2, 0.25) is 0 Å². The lowest BCUT2D eigenvalue weighted by molar-refractivity contribution is -0.137. The minimum Gasteiger partial charge on any atom is -0.320 e. The van der Waals surface area contributed by atoms with E-state index in [0.29, 0.717) is 33.5 Å². The van der Waals surface area contributed by atoms with E-state index in [1.807, 2.05) is 6.92 Å². The summed E-state index contributed by atoms with van der Waals surface area (Å²) in [5.74, 6) is 0.0260. The van der Waals surface area contributed by atoms with Gasteiger partial charge in [0.2, 0.25) is 0 Å². The zero-order valence-electron chi connectivity index (χ0n) is 16.5. The van der Waals surface area contributed by atoms with Crippen molar-refractivity contribution in [2.75, 3.05) is 5.32 Å². The Kier molecular flexibility index (Phi) is 5.10. The summed E-state index contributed by atoms with van der Waals surface area (Å²) in [6.45, 7) is 3.57. The van der Waals surface area contributed by atoms with Gasteiger partial charge in [0.1, 0.15) is 12.0 Å². The molecular weight excluding hydrogens is 407 g/mol. The van der Waals surface area contributed by atoms with E-state index in [0.717, 1.165) is 17.7 Å². The van der Waals surface area contributed by atoms with Crippen molar-refractivity contribution in [2.24, 2.45) is 0 Å². The number of amides is 1. The van der Waals surface area contributed by atoms with Crippen LogP contribution in [0.25, 0.3) is 22.3 Å². The van der Waals surface area contributed by atoms with Crippen LogP contribution in [-0.4, -0.2) is 25.8 Å². The number of hydrogen-bond acceptors (Lipinski definition) is 5. The molecule has 0 radical (unpaired) electrons. The number of nitrogens with zero attached hydrogens (tertiary/aromatic N) is 4. The maximum Gasteiger partial charge on any atom is 0.416 e. The smallest absolute Gasteiger partial charge is 0.320 e. The van der Waals surface area contributed by atoms with Crippen molar-refractivity contribution in [1.29, 1.82) is 0 Å². The quantitative estimate of drug-likeness (QED) is 0.503. The predicted octanol–water partition coefficient (Wildman–Crippen LogP) is 4.97. The van der Waals surface area contributed by atoms with Crippen molar-refractivity contribution in [3.8, 4) is 11.4 Å². The molecule has 0 spiro atoms. The molecule has 0 atom stereocenters. The molecule has 0 saturated heterocycles. The first-order valence-electron chi connectivity index (χ1n) is 9.25. The molecule has 31 heavy (non-hydrogen) atoms. The first-order valence-corrected chi connectivity index (χ1v) is 9.25. The summed E-state index contributed by atoms with van der Waals surface area (Å²) in [5, 5.41) is 3.12. The van der Waals surface area contributed by atoms with Gasteiger partial charge in [0.15, 0.2) is 5.82 Å². The Bertz CT molecular complexity index is 1300. The lowest BCUT2D eigenvalue weighted by Gasteiger charge is -2.11. The van der Waals surface area contributed by atoms with E-state index >= 15 is 0 Å². The third kappa shape index (κ3) is 4.20. The van der Waals surface area contributed by atoms with E-state index in [9.17, 15) is 18.0 Å². The molecule has 0 aliphatic heterocycles. The average Bonchev–Trinajstić information content (AvgIpc) is 2.74. The normalized spacial score (nSPS) is 11.5. The number of carbonyl (C=O) groups excluding carboxylic acids is 1. The van der Waals surface area contributed by atoms with E-state index in [4.69, 9.17) is 0 Å². The van der Waals surface area contributed by atoms with Crippen LogP contribution in [0.3, 0.4) is 0 Å². The number of aryl methyl sites for hydroxylation is 2. The van der Waals surface area contributed by atoms with Gasteiger partial charge in [0, 0.05) is 29.0 Å². The van der Waals surface area contributed by atoms with Gasteiger partial charge in [-0.1, -0.05) is 0 Å². The number of halogens is 3. The molecular formula is C22H16F3N5O. The zero-order valence-corrected chi connectivity index (χ0v) is 16.5. The number of carbonyl (C=O) groups is 1. The maximum absolute atomic E-state index is 12.9. The van der Waals surface area contributed by atoms with E-state index < -0.39 is 11.7 Å². The van der Waals surface area contributed by atoms with Gasteiger partial charge in [0.05, 0.1) is 11.1 Å². The van der Waals surface area contributed by atoms with Crippen LogP contribution in [0.1, 0.15) is 27.2 Å². The Balaban J connectivity index is 1.61. The molecule has 0 bridgehead atoms. The van der Waals surface area contributed by atoms with Crippen LogP contribution < -0.4 is 5.32 Å². The summed E-state index contributed by atoms with van der Waals surface area (Å²) in [6, 6.07) is 8.61. The zero-order chi connectivity index (χ0) is 22.2. The van der Waals surface area contributed by atoms with Gasteiger partial charge in [-0.3, -0.25) is 4.79 Å². The second kappa shape index (κ2) is 7.75. The number of fused-ring (bicyclic) bond motifs is 1. The molecule has 0 unspecified atom stereocenters. The van der Waals surface area contributed by atoms with Gasteiger partial charge in [-0.25, -0.2) is 19.9 Å². The molecule has 1 N–H and O–H groups in total. The van der Waals surface area contributed by atoms with Crippen molar-refractivity contribution in [2.45, 2.75) is 20.0 Å². The minimum atomic E-state index is -4.42. The average molecular weight is 423 g/mol. The molecule has 9 heteroatoms. The first-order chi connectivity index (χ1) is 14.7. The van der Waals surface area contributed by atoms with E-state index in [2.05, 4.69) is 25.3 Å². The lowest BCUT2D eigenvalue weighted by atomic mass is 10.1. The number of aromatic nitrogens is 4. The second-order valence-electron chi connectivity index (χ2n) is 7.00. The fourth-order valence-corrected chi connectivity index (χ4v) is 3.11. The van der Waals surface area contributed by atoms with E-state index in [1.54, 1.807) is 31.3 Å². The van der Waals surface area contributed by atoms with Crippen LogP contribution in [0.5, 0.6) is 0 Å². The van der Waals surface area contributed by atoms with Crippen molar-refractivity contribution in [3.63, 3.8) is 0 Å². The van der Waals surface area contributed by atoms with E-state index in [-0.39, 0.29) is 11.6 Å². The Morgan fingerprint density at radius 1 is 0.968 bits per heavy atom. The lowest BCUT2D eigenvalue weighted by Crippen LogP contribution is -2.16. The van der Waals surface area contributed by atoms with Crippen LogP contribution in [0.15, 0.2) is 55.1 Å². The molecule has 4 aromatic rings. The summed E-state index contributed by atoms with van der Waals surface area (Å²) < 4.78 is 38.7. The largest absolute Gasteiger partial charge is 0.416 e. The highest BCUT2D eigenvalue weighted by Gasteiger charge is 2.30. The minimum absolute atomic E-state index is 0.287. The summed E-state index contributed by atoms with van der Waals surface area (Å²) >= 11 is 0. The van der Waals surface area contributed by atoms with Gasteiger partial charge in [0.25, 0.3) is 5.91 Å². The molecule has 4 rings (SSSR count). The summed E-state index contributed by atoms with van der Waals surface area (Å²) in [6.07, 6.45) is -0.177. The highest BCUT2D eigenvalue weighted by atomic mass is 19.4. The summed E-state index contributed by atoms with van der Waals surface area (Å²) in [7, 11) is 0. The Labute approximate surface area is 175 Å². The van der Waals surface area contributed by atoms with Gasteiger partial charge in [-0.15, -0.1) is 0 Å². The molecule has 0 aliphatic carbocycles. The van der Waals surface area contributed by atoms with Crippen LogP contribution in [0.4, 0.5) is 18.9 Å². The fourth-order valence-electron chi connectivity index (χ4n) is 3.11. The molecule has 6 nitrogen and oxygen atoms in total. The standard InChI is InChI=1S/C22H16F3N5O/c1-12-7-14(3-5-17(12)30-21(31)19-13(2)9-26-11-28-19)20-27-10-15-8-16(22(23,24)25)4-6-18(15)29-20/h3-11H,1-2H3,(H,30,31). The van der Waals surface area contributed by atoms with Gasteiger partial charge in [-0.05, 0) is 61.4 Å². The number of rotatable bonds is 3. The van der Waals surface area contributed by atoms with E-state index in [1.165, 1.54) is 18.6 Å². The number of nitrogens with one attached hydrogen (secondary N) is 1. The summed E-state index contributed by atoms with van der Waals surface area (Å²) in [5.41, 5.74) is 2.66. The fraction of sp³-hybridized carbons (Fsp3) is 0.136. The topological polar surface area (TPSA) is 80.7 Å². The second-order valence-corrected chi connectivity index (χ2v) is 7.00. The molecule has 1 amide bonds. The number of anilines is 1. The third-order valence-electron chi connectivity index (χ3n) is 4.75. The van der Waals surface area contributed by atoms with Gasteiger partial charge < -0.3 is 5.32 Å². The van der Waals surface area contributed by atoms with Crippen LogP contribution in [0, 0.1) is 13.8 Å². The van der Waals surface area contributed by atoms with Gasteiger partial charge >= 0.3 is 6.18 Å². The predicted molar refractivity (Wildman–Crippen MR) is 109 cm³/mol. The number of benzene rings is 2. The van der Waals surface area contributed by atoms with Crippen molar-refractivity contribution < 1.29 is 18.0 Å². The number of alkyl halides is 3. The molecule has 0 saturated carbocycles. The Hall–Kier alpha value is -3.88. The SMILES string of the molecule is Cc1cc(-c2ncc3cc(C(F)(F)F)ccc3n2)ccc1NC(=O)c1ncncc1C. The van der Waals surface area contributed by atoms with Crippen LogP contribution in [-0.2, 0) is 6.18 Å². The highest BCUT2D eigenvalue weighted by Crippen LogP contribution is 2.31. The highest BCUT2D eigenvalue weighted by molar-refractivity contribution is 6.04. The van der Waals surface area contributed by atoms with Crippen molar-refractivity contribution in [3.05, 3.63) is 77.5 Å². The Morgan fingerprint density at radius 2 is 1.77 bits per heavy atom. The molecule has 0 aliphatic rings. The van der Waals surface area contributed by atoms with Crippen LogP contribution >= 0.6 is 0 Å². The first kappa shape index (κ1) is 20.4. The summed E-state index contributed by atoms with van der Waals surface area (Å²) in [4.78, 5) is 28.9. The third-order valence-corrected chi connectivity index (χ3v) is 4.75. The van der Waals surface area contributed by atoms with Crippen molar-refractivity contribution >= 4 is 22.5 Å². The van der Waals surface area contributed by atoms with Crippen molar-refractivity contribution in [1.82, 2.24) is 19.9 Å². The molecule has 2 aromatic carbocycles. The van der Waals surface area contributed by atoms with Gasteiger partial charge in [-0.2, -0.15) is 13.2 Å². The number of hydrogen-bond donors (Lipinski definition) is 1. The maximum atomic E-state index is 12.9.